The Bertz CT molecular complexity index is 659. The molecule has 0 aromatic heterocycles. The monoisotopic (exact) mass is 325 g/mol. The van der Waals surface area contributed by atoms with Crippen LogP contribution in [0, 0.1) is 6.92 Å². The second-order valence-electron chi connectivity index (χ2n) is 4.69. The third-order valence-corrected chi connectivity index (χ3v) is 4.17. The van der Waals surface area contributed by atoms with Crippen molar-refractivity contribution < 1.29 is 9.47 Å². The summed E-state index contributed by atoms with van der Waals surface area (Å²) in [4.78, 5) is 0. The van der Waals surface area contributed by atoms with E-state index in [1.807, 2.05) is 31.2 Å². The molecule has 0 spiro atoms. The molecule has 2 aromatic rings. The van der Waals surface area contributed by atoms with Crippen LogP contribution in [0.2, 0.25) is 10.0 Å². The fourth-order valence-electron chi connectivity index (χ4n) is 2.15. The Hall–Kier alpha value is -1.42. The maximum atomic E-state index is 6.33. The molecule has 0 bridgehead atoms. The lowest BCUT2D eigenvalue weighted by Crippen LogP contribution is -2.13. The van der Waals surface area contributed by atoms with Gasteiger partial charge in [-0.3, -0.25) is 0 Å². The summed E-state index contributed by atoms with van der Waals surface area (Å²) in [6.45, 7) is 1.95. The summed E-state index contributed by atoms with van der Waals surface area (Å²) in [5.74, 6) is 1.06. The molecule has 0 saturated carbocycles. The minimum atomic E-state index is -0.388. The first-order chi connectivity index (χ1) is 9.99. The lowest BCUT2D eigenvalue weighted by molar-refractivity contribution is 0.390. The number of nitrogens with two attached hydrogens (primary N) is 1. The van der Waals surface area contributed by atoms with E-state index in [0.29, 0.717) is 21.5 Å². The summed E-state index contributed by atoms with van der Waals surface area (Å²) in [6, 6.07) is 8.98. The van der Waals surface area contributed by atoms with Crippen LogP contribution in [-0.2, 0) is 0 Å². The number of hydrogen-bond donors (Lipinski definition) is 1. The van der Waals surface area contributed by atoms with Crippen LogP contribution in [0.15, 0.2) is 30.3 Å². The number of hydrogen-bond acceptors (Lipinski definition) is 3. The third-order valence-electron chi connectivity index (χ3n) is 3.41. The fourth-order valence-corrected chi connectivity index (χ4v) is 2.66. The maximum Gasteiger partial charge on any atom is 0.146 e. The van der Waals surface area contributed by atoms with Gasteiger partial charge in [-0.2, -0.15) is 0 Å². The Labute approximate surface area is 134 Å². The number of rotatable bonds is 4. The number of aryl methyl sites for hydroxylation is 1. The molecule has 2 aromatic carbocycles. The molecule has 0 amide bonds. The largest absolute Gasteiger partial charge is 0.495 e. The molecule has 0 aliphatic heterocycles. The highest BCUT2D eigenvalue weighted by Gasteiger charge is 2.19. The highest BCUT2D eigenvalue weighted by Crippen LogP contribution is 2.40. The maximum absolute atomic E-state index is 6.33. The van der Waals surface area contributed by atoms with E-state index < -0.39 is 0 Å². The molecule has 1 atom stereocenters. The molecule has 112 valence electrons. The standard InChI is InChI=1S/C16H17Cl2NO2/c1-9-4-5-10(8-12(9)17)15(19)11-6-7-13(20-2)14(18)16(11)21-3/h4-8,15H,19H2,1-3H3. The predicted molar refractivity (Wildman–Crippen MR) is 86.8 cm³/mol. The van der Waals surface area contributed by atoms with Crippen molar-refractivity contribution in [2.75, 3.05) is 14.2 Å². The molecule has 3 nitrogen and oxygen atoms in total. The fraction of sp³-hybridized carbons (Fsp3) is 0.250. The van der Waals surface area contributed by atoms with E-state index in [2.05, 4.69) is 0 Å². The van der Waals surface area contributed by atoms with Gasteiger partial charge >= 0.3 is 0 Å². The van der Waals surface area contributed by atoms with E-state index in [4.69, 9.17) is 38.4 Å². The summed E-state index contributed by atoms with van der Waals surface area (Å²) in [5.41, 5.74) is 9.02. The van der Waals surface area contributed by atoms with E-state index >= 15 is 0 Å². The molecule has 5 heteroatoms. The number of ether oxygens (including phenoxy) is 2. The predicted octanol–water partition coefficient (Wildman–Crippen LogP) is 4.37. The Morgan fingerprint density at radius 3 is 2.33 bits per heavy atom. The van der Waals surface area contributed by atoms with Crippen LogP contribution in [-0.4, -0.2) is 14.2 Å². The molecule has 0 radical (unpaired) electrons. The first-order valence-corrected chi connectivity index (χ1v) is 7.17. The Morgan fingerprint density at radius 1 is 1.05 bits per heavy atom. The molecular formula is C16H17Cl2NO2. The van der Waals surface area contributed by atoms with Crippen molar-refractivity contribution in [2.24, 2.45) is 5.73 Å². The topological polar surface area (TPSA) is 44.5 Å². The summed E-state index contributed by atoms with van der Waals surface area (Å²) in [7, 11) is 3.11. The van der Waals surface area contributed by atoms with Crippen molar-refractivity contribution >= 4 is 23.2 Å². The van der Waals surface area contributed by atoms with Gasteiger partial charge < -0.3 is 15.2 Å². The van der Waals surface area contributed by atoms with Gasteiger partial charge in [-0.25, -0.2) is 0 Å². The first-order valence-electron chi connectivity index (χ1n) is 6.41. The molecule has 0 saturated heterocycles. The Balaban J connectivity index is 2.50. The Morgan fingerprint density at radius 2 is 1.76 bits per heavy atom. The zero-order chi connectivity index (χ0) is 15.6. The molecule has 0 heterocycles. The van der Waals surface area contributed by atoms with Gasteiger partial charge in [-0.05, 0) is 36.2 Å². The van der Waals surface area contributed by atoms with Crippen LogP contribution < -0.4 is 15.2 Å². The SMILES string of the molecule is COc1ccc(C(N)c2ccc(C)c(Cl)c2)c(OC)c1Cl. The zero-order valence-electron chi connectivity index (χ0n) is 12.1. The van der Waals surface area contributed by atoms with Crippen LogP contribution in [0.3, 0.4) is 0 Å². The van der Waals surface area contributed by atoms with Crippen LogP contribution in [0.4, 0.5) is 0 Å². The second kappa shape index (κ2) is 6.56. The van der Waals surface area contributed by atoms with Crippen molar-refractivity contribution in [3.63, 3.8) is 0 Å². The van der Waals surface area contributed by atoms with Crippen molar-refractivity contribution in [2.45, 2.75) is 13.0 Å². The van der Waals surface area contributed by atoms with Crippen LogP contribution in [0.1, 0.15) is 22.7 Å². The third kappa shape index (κ3) is 3.10. The minimum absolute atomic E-state index is 0.388. The molecule has 2 N–H and O–H groups in total. The average Bonchev–Trinajstić information content (AvgIpc) is 2.49. The van der Waals surface area contributed by atoms with Gasteiger partial charge in [0.15, 0.2) is 0 Å². The molecule has 0 aliphatic rings. The normalized spacial score (nSPS) is 12.1. The highest BCUT2D eigenvalue weighted by molar-refractivity contribution is 6.33. The van der Waals surface area contributed by atoms with Crippen molar-refractivity contribution in [3.05, 3.63) is 57.1 Å². The Kier molecular flexibility index (Phi) is 4.99. The van der Waals surface area contributed by atoms with E-state index in [-0.39, 0.29) is 6.04 Å². The minimum Gasteiger partial charge on any atom is -0.495 e. The molecule has 1 unspecified atom stereocenters. The average molecular weight is 326 g/mol. The zero-order valence-corrected chi connectivity index (χ0v) is 13.6. The van der Waals surface area contributed by atoms with E-state index in [1.165, 1.54) is 0 Å². The summed E-state index contributed by atoms with van der Waals surface area (Å²) < 4.78 is 10.6. The van der Waals surface area contributed by atoms with Crippen LogP contribution >= 0.6 is 23.2 Å². The van der Waals surface area contributed by atoms with E-state index in [9.17, 15) is 0 Å². The van der Waals surface area contributed by atoms with Crippen molar-refractivity contribution in [1.29, 1.82) is 0 Å². The first kappa shape index (κ1) is 16.0. The van der Waals surface area contributed by atoms with Gasteiger partial charge in [-0.1, -0.05) is 35.3 Å². The van der Waals surface area contributed by atoms with Crippen LogP contribution in [0.25, 0.3) is 0 Å². The van der Waals surface area contributed by atoms with Crippen LogP contribution in [0.5, 0.6) is 11.5 Å². The summed E-state index contributed by atoms with van der Waals surface area (Å²) in [5, 5.41) is 1.09. The quantitative estimate of drug-likeness (QED) is 0.907. The lowest BCUT2D eigenvalue weighted by Gasteiger charge is -2.19. The molecule has 2 rings (SSSR count). The summed E-state index contributed by atoms with van der Waals surface area (Å²) in [6.07, 6.45) is 0. The van der Waals surface area contributed by atoms with Gasteiger partial charge in [0.05, 0.1) is 20.3 Å². The van der Waals surface area contributed by atoms with Gasteiger partial charge in [0.25, 0.3) is 0 Å². The van der Waals surface area contributed by atoms with Gasteiger partial charge in [-0.15, -0.1) is 0 Å². The van der Waals surface area contributed by atoms with Gasteiger partial charge in [0, 0.05) is 10.6 Å². The van der Waals surface area contributed by atoms with E-state index in [1.54, 1.807) is 20.3 Å². The van der Waals surface area contributed by atoms with Gasteiger partial charge in [0.2, 0.25) is 0 Å². The number of halogens is 2. The number of methoxy groups -OCH3 is 2. The highest BCUT2D eigenvalue weighted by atomic mass is 35.5. The van der Waals surface area contributed by atoms with Crippen molar-refractivity contribution in [1.82, 2.24) is 0 Å². The molecule has 0 aliphatic carbocycles. The molecular weight excluding hydrogens is 309 g/mol. The van der Waals surface area contributed by atoms with Crippen molar-refractivity contribution in [3.8, 4) is 11.5 Å². The van der Waals surface area contributed by atoms with Gasteiger partial charge in [0.1, 0.15) is 16.5 Å². The summed E-state index contributed by atoms with van der Waals surface area (Å²) >= 11 is 12.4. The number of benzene rings is 2. The lowest BCUT2D eigenvalue weighted by atomic mass is 9.97. The molecule has 0 fully saturated rings. The smallest absolute Gasteiger partial charge is 0.146 e. The van der Waals surface area contributed by atoms with E-state index in [0.717, 1.165) is 16.7 Å². The second-order valence-corrected chi connectivity index (χ2v) is 5.48. The molecule has 21 heavy (non-hydrogen) atoms.